The van der Waals surface area contributed by atoms with Gasteiger partial charge in [-0.15, -0.1) is 0 Å². The molecule has 0 spiro atoms. The lowest BCUT2D eigenvalue weighted by atomic mass is 10.4. The molecule has 1 aliphatic heterocycles. The molecule has 1 aliphatic rings. The summed E-state index contributed by atoms with van der Waals surface area (Å²) in [5, 5.41) is 8.98. The van der Waals surface area contributed by atoms with Gasteiger partial charge in [0.15, 0.2) is 0 Å². The van der Waals surface area contributed by atoms with Gasteiger partial charge in [-0.05, 0) is 19.4 Å². The summed E-state index contributed by atoms with van der Waals surface area (Å²) in [7, 11) is -3.76. The number of sulfonamides is 1. The number of carboxylic acid groups (broad SMARTS) is 1. The number of nitrogens with zero attached hydrogens (tertiary/aromatic N) is 2. The average molecular weight is 274 g/mol. The number of hydrogen-bond donors (Lipinski definition) is 1. The Labute approximate surface area is 105 Å². The van der Waals surface area contributed by atoms with Crippen molar-refractivity contribution in [3.05, 3.63) is 18.0 Å². The predicted octanol–water partition coefficient (Wildman–Crippen LogP) is 0.532. The molecule has 0 atom stereocenters. The molecule has 7 nitrogen and oxygen atoms in total. The number of carboxylic acids is 1. The summed E-state index contributed by atoms with van der Waals surface area (Å²) in [4.78, 5) is 15.9. The van der Waals surface area contributed by atoms with Crippen molar-refractivity contribution >= 4 is 16.0 Å². The maximum absolute atomic E-state index is 12.1. The minimum Gasteiger partial charge on any atom is -0.477 e. The van der Waals surface area contributed by atoms with Gasteiger partial charge >= 0.3 is 5.97 Å². The molecule has 100 valence electrons. The van der Waals surface area contributed by atoms with Gasteiger partial charge in [-0.3, -0.25) is 4.84 Å². The highest BCUT2D eigenvalue weighted by atomic mass is 32.2. The van der Waals surface area contributed by atoms with Crippen molar-refractivity contribution in [2.75, 3.05) is 13.2 Å². The molecular weight excluding hydrogens is 260 g/mol. The Balaban J connectivity index is 2.42. The summed E-state index contributed by atoms with van der Waals surface area (Å²) in [5.74, 6) is -1.15. The van der Waals surface area contributed by atoms with Gasteiger partial charge < -0.3 is 9.67 Å². The van der Waals surface area contributed by atoms with Crippen molar-refractivity contribution < 1.29 is 23.2 Å². The Morgan fingerprint density at radius 1 is 1.56 bits per heavy atom. The van der Waals surface area contributed by atoms with Crippen LogP contribution in [0.25, 0.3) is 0 Å². The molecule has 2 rings (SSSR count). The molecular formula is C10H14N2O5S. The normalized spacial score (nSPS) is 17.2. The smallest absolute Gasteiger partial charge is 0.352 e. The van der Waals surface area contributed by atoms with Gasteiger partial charge in [-0.1, -0.05) is 4.47 Å². The fourth-order valence-electron chi connectivity index (χ4n) is 1.80. The van der Waals surface area contributed by atoms with Crippen LogP contribution < -0.4 is 0 Å². The van der Waals surface area contributed by atoms with E-state index in [1.54, 1.807) is 6.92 Å². The zero-order valence-electron chi connectivity index (χ0n) is 9.87. The Bertz CT molecular complexity index is 557. The summed E-state index contributed by atoms with van der Waals surface area (Å²) in [5.41, 5.74) is -0.0460. The summed E-state index contributed by atoms with van der Waals surface area (Å²) in [6, 6.07) is 1.16. The van der Waals surface area contributed by atoms with Gasteiger partial charge in [0.05, 0.1) is 6.61 Å². The number of aryl methyl sites for hydroxylation is 1. The molecule has 1 saturated heterocycles. The lowest BCUT2D eigenvalue weighted by Gasteiger charge is -2.12. The van der Waals surface area contributed by atoms with Crippen molar-refractivity contribution in [1.29, 1.82) is 0 Å². The van der Waals surface area contributed by atoms with E-state index in [0.717, 1.165) is 10.5 Å². The Kier molecular flexibility index (Phi) is 3.42. The lowest BCUT2D eigenvalue weighted by molar-refractivity contribution is -0.0284. The summed E-state index contributed by atoms with van der Waals surface area (Å²) < 4.78 is 26.6. The second kappa shape index (κ2) is 4.71. The van der Waals surface area contributed by atoms with Crippen molar-refractivity contribution in [1.82, 2.24) is 9.04 Å². The molecule has 0 radical (unpaired) electrons. The van der Waals surface area contributed by atoms with Crippen LogP contribution in [0.3, 0.4) is 0 Å². The minimum atomic E-state index is -3.76. The van der Waals surface area contributed by atoms with Crippen LogP contribution in [0.5, 0.6) is 0 Å². The van der Waals surface area contributed by atoms with Crippen LogP contribution in [-0.4, -0.2) is 41.7 Å². The highest BCUT2D eigenvalue weighted by Crippen LogP contribution is 2.22. The molecule has 1 fully saturated rings. The van der Waals surface area contributed by atoms with Crippen molar-refractivity contribution in [2.45, 2.75) is 24.8 Å². The van der Waals surface area contributed by atoms with E-state index in [9.17, 15) is 13.2 Å². The van der Waals surface area contributed by atoms with Crippen molar-refractivity contribution in [3.63, 3.8) is 0 Å². The second-order valence-electron chi connectivity index (χ2n) is 3.87. The third kappa shape index (κ3) is 2.14. The number of rotatable bonds is 4. The fraction of sp³-hybridized carbons (Fsp3) is 0.500. The number of hydrogen-bond acceptors (Lipinski definition) is 4. The Morgan fingerprint density at radius 2 is 2.28 bits per heavy atom. The van der Waals surface area contributed by atoms with Crippen LogP contribution >= 0.6 is 0 Å². The molecule has 0 unspecified atom stereocenters. The highest BCUT2D eigenvalue weighted by Gasteiger charge is 2.31. The van der Waals surface area contributed by atoms with Gasteiger partial charge in [0, 0.05) is 19.3 Å². The molecule has 1 aromatic heterocycles. The van der Waals surface area contributed by atoms with Gasteiger partial charge in [-0.2, -0.15) is 0 Å². The molecule has 18 heavy (non-hydrogen) atoms. The SMILES string of the molecule is CCn1cc(S(=O)(=O)N2CCCO2)cc1C(=O)O. The van der Waals surface area contributed by atoms with Crippen LogP contribution in [-0.2, 0) is 21.4 Å². The summed E-state index contributed by atoms with van der Waals surface area (Å²) >= 11 is 0. The summed E-state index contributed by atoms with van der Waals surface area (Å²) in [6.07, 6.45) is 1.96. The molecule has 1 aromatic rings. The van der Waals surface area contributed by atoms with Crippen molar-refractivity contribution in [2.24, 2.45) is 0 Å². The molecule has 1 N–H and O–H groups in total. The van der Waals surface area contributed by atoms with Crippen LogP contribution in [0.4, 0.5) is 0 Å². The van der Waals surface area contributed by atoms with E-state index < -0.39 is 16.0 Å². The first kappa shape index (κ1) is 13.1. The first-order valence-corrected chi connectivity index (χ1v) is 7.00. The van der Waals surface area contributed by atoms with E-state index in [0.29, 0.717) is 26.1 Å². The van der Waals surface area contributed by atoms with Gasteiger partial charge in [-0.25, -0.2) is 13.2 Å². The molecule has 8 heteroatoms. The monoisotopic (exact) mass is 274 g/mol. The minimum absolute atomic E-state index is 0.0460. The number of aromatic carboxylic acids is 1. The first-order chi connectivity index (χ1) is 8.46. The maximum Gasteiger partial charge on any atom is 0.352 e. The van der Waals surface area contributed by atoms with Crippen LogP contribution in [0.15, 0.2) is 17.2 Å². The molecule has 0 saturated carbocycles. The zero-order chi connectivity index (χ0) is 13.3. The third-order valence-corrected chi connectivity index (χ3v) is 4.36. The molecule has 0 amide bonds. The number of aromatic nitrogens is 1. The quantitative estimate of drug-likeness (QED) is 0.865. The third-order valence-electron chi connectivity index (χ3n) is 2.72. The molecule has 2 heterocycles. The number of carbonyl (C=O) groups is 1. The lowest BCUT2D eigenvalue weighted by Crippen LogP contribution is -2.26. The average Bonchev–Trinajstić information content (AvgIpc) is 2.98. The standard InChI is InChI=1S/C10H14N2O5S/c1-2-11-7-8(6-9(11)10(13)14)18(15,16)12-4-3-5-17-12/h6-7H,2-5H2,1H3,(H,13,14). The van der Waals surface area contributed by atoms with Gasteiger partial charge in [0.2, 0.25) is 0 Å². The van der Waals surface area contributed by atoms with Crippen molar-refractivity contribution in [3.8, 4) is 0 Å². The van der Waals surface area contributed by atoms with E-state index in [4.69, 9.17) is 9.94 Å². The topological polar surface area (TPSA) is 88.8 Å². The molecule has 0 aromatic carbocycles. The van der Waals surface area contributed by atoms with Gasteiger partial charge in [0.1, 0.15) is 10.6 Å². The zero-order valence-corrected chi connectivity index (χ0v) is 10.7. The second-order valence-corrected chi connectivity index (χ2v) is 5.70. The van der Waals surface area contributed by atoms with E-state index in [-0.39, 0.29) is 10.6 Å². The fourth-order valence-corrected chi connectivity index (χ4v) is 3.14. The first-order valence-electron chi connectivity index (χ1n) is 5.56. The van der Waals surface area contributed by atoms with Crippen LogP contribution in [0.2, 0.25) is 0 Å². The summed E-state index contributed by atoms with van der Waals surface area (Å²) in [6.45, 7) is 2.79. The number of hydroxylamine groups is 1. The predicted molar refractivity (Wildman–Crippen MR) is 61.5 cm³/mol. The van der Waals surface area contributed by atoms with E-state index in [1.165, 1.54) is 10.8 Å². The van der Waals surface area contributed by atoms with E-state index in [1.807, 2.05) is 0 Å². The van der Waals surface area contributed by atoms with E-state index >= 15 is 0 Å². The van der Waals surface area contributed by atoms with Crippen LogP contribution in [0.1, 0.15) is 23.8 Å². The Morgan fingerprint density at radius 3 is 2.72 bits per heavy atom. The van der Waals surface area contributed by atoms with E-state index in [2.05, 4.69) is 0 Å². The highest BCUT2D eigenvalue weighted by molar-refractivity contribution is 7.89. The molecule has 0 bridgehead atoms. The Hall–Kier alpha value is -1.38. The largest absolute Gasteiger partial charge is 0.477 e. The maximum atomic E-state index is 12.1. The molecule has 0 aliphatic carbocycles. The van der Waals surface area contributed by atoms with Gasteiger partial charge in [0.25, 0.3) is 10.0 Å². The van der Waals surface area contributed by atoms with Crippen LogP contribution in [0, 0.1) is 0 Å².